The summed E-state index contributed by atoms with van der Waals surface area (Å²) < 4.78 is 0. The lowest BCUT2D eigenvalue weighted by Crippen LogP contribution is -2.50. The van der Waals surface area contributed by atoms with Crippen LogP contribution in [-0.4, -0.2) is 16.5 Å². The van der Waals surface area contributed by atoms with Crippen LogP contribution in [0.4, 0.5) is 0 Å². The predicted octanol–water partition coefficient (Wildman–Crippen LogP) is 1.66. The van der Waals surface area contributed by atoms with Crippen molar-refractivity contribution in [2.24, 2.45) is 5.92 Å². The molecule has 2 rings (SSSR count). The first-order chi connectivity index (χ1) is 5.73. The molecule has 0 radical (unpaired) electrons. The maximum absolute atomic E-state index is 11.5. The Labute approximate surface area is 73.0 Å². The van der Waals surface area contributed by atoms with E-state index in [9.17, 15) is 9.90 Å². The molecule has 12 heavy (non-hydrogen) atoms. The van der Waals surface area contributed by atoms with Gasteiger partial charge in [-0.25, -0.2) is 0 Å². The monoisotopic (exact) mass is 168 g/mol. The van der Waals surface area contributed by atoms with Crippen LogP contribution in [-0.2, 0) is 4.79 Å². The summed E-state index contributed by atoms with van der Waals surface area (Å²) in [7, 11) is 0. The number of rotatable bonds is 0. The van der Waals surface area contributed by atoms with E-state index < -0.39 is 5.60 Å². The second-order valence-corrected chi connectivity index (χ2v) is 4.18. The van der Waals surface area contributed by atoms with Crippen molar-refractivity contribution >= 4 is 5.78 Å². The number of ketones is 1. The SMILES string of the molecule is O=C1CCC[C@H]2CCCC[C@@]12O. The molecule has 0 amide bonds. The van der Waals surface area contributed by atoms with E-state index in [1.165, 1.54) is 6.42 Å². The summed E-state index contributed by atoms with van der Waals surface area (Å²) in [5.74, 6) is 0.394. The number of hydrogen-bond donors (Lipinski definition) is 1. The van der Waals surface area contributed by atoms with Crippen LogP contribution in [0.5, 0.6) is 0 Å². The lowest BCUT2D eigenvalue weighted by molar-refractivity contribution is -0.152. The van der Waals surface area contributed by atoms with Crippen LogP contribution in [0.1, 0.15) is 44.9 Å². The molecule has 68 valence electrons. The van der Waals surface area contributed by atoms with Gasteiger partial charge in [0.05, 0.1) is 0 Å². The highest BCUT2D eigenvalue weighted by Crippen LogP contribution is 2.41. The van der Waals surface area contributed by atoms with E-state index in [1.54, 1.807) is 0 Å². The Hall–Kier alpha value is -0.370. The average molecular weight is 168 g/mol. The van der Waals surface area contributed by atoms with Crippen molar-refractivity contribution in [1.29, 1.82) is 0 Å². The number of aliphatic hydroxyl groups is 1. The van der Waals surface area contributed by atoms with Crippen LogP contribution in [0, 0.1) is 5.92 Å². The molecule has 0 aliphatic heterocycles. The molecule has 0 spiro atoms. The van der Waals surface area contributed by atoms with Gasteiger partial charge in [0.1, 0.15) is 5.60 Å². The van der Waals surface area contributed by atoms with Crippen molar-refractivity contribution in [3.05, 3.63) is 0 Å². The molecule has 0 aromatic heterocycles. The molecule has 2 aliphatic carbocycles. The molecular weight excluding hydrogens is 152 g/mol. The van der Waals surface area contributed by atoms with E-state index >= 15 is 0 Å². The zero-order chi connectivity index (χ0) is 8.60. The van der Waals surface area contributed by atoms with Crippen molar-refractivity contribution in [2.75, 3.05) is 0 Å². The average Bonchev–Trinajstić information content (AvgIpc) is 2.07. The molecule has 2 aliphatic rings. The third kappa shape index (κ3) is 1.09. The summed E-state index contributed by atoms with van der Waals surface area (Å²) in [5.41, 5.74) is -0.906. The first kappa shape index (κ1) is 8.24. The molecular formula is C10H16O2. The molecule has 1 N–H and O–H groups in total. The van der Waals surface area contributed by atoms with Gasteiger partial charge in [0.2, 0.25) is 0 Å². The van der Waals surface area contributed by atoms with Gasteiger partial charge in [-0.3, -0.25) is 4.79 Å². The zero-order valence-electron chi connectivity index (χ0n) is 7.38. The quantitative estimate of drug-likeness (QED) is 0.597. The van der Waals surface area contributed by atoms with Gasteiger partial charge in [-0.1, -0.05) is 12.8 Å². The van der Waals surface area contributed by atoms with E-state index in [4.69, 9.17) is 0 Å². The van der Waals surface area contributed by atoms with Crippen LogP contribution < -0.4 is 0 Å². The van der Waals surface area contributed by atoms with Gasteiger partial charge >= 0.3 is 0 Å². The predicted molar refractivity (Wildman–Crippen MR) is 45.8 cm³/mol. The minimum absolute atomic E-state index is 0.110. The molecule has 0 aromatic rings. The van der Waals surface area contributed by atoms with Crippen LogP contribution in [0.2, 0.25) is 0 Å². The summed E-state index contributed by atoms with van der Waals surface area (Å²) in [6, 6.07) is 0. The van der Waals surface area contributed by atoms with Crippen LogP contribution >= 0.6 is 0 Å². The first-order valence-electron chi connectivity index (χ1n) is 4.99. The Morgan fingerprint density at radius 2 is 2.00 bits per heavy atom. The van der Waals surface area contributed by atoms with Gasteiger partial charge in [0, 0.05) is 6.42 Å². The van der Waals surface area contributed by atoms with E-state index in [0.717, 1.165) is 32.1 Å². The number of carbonyl (C=O) groups excluding carboxylic acids is 1. The molecule has 2 saturated carbocycles. The second-order valence-electron chi connectivity index (χ2n) is 4.18. The van der Waals surface area contributed by atoms with Gasteiger partial charge in [0.15, 0.2) is 5.78 Å². The highest BCUT2D eigenvalue weighted by molar-refractivity contribution is 5.88. The number of Topliss-reactive ketones (excluding diaryl/α,β-unsaturated/α-hetero) is 1. The molecule has 0 unspecified atom stereocenters. The summed E-state index contributed by atoms with van der Waals surface area (Å²) in [4.78, 5) is 11.5. The minimum Gasteiger partial charge on any atom is -0.382 e. The van der Waals surface area contributed by atoms with Crippen molar-refractivity contribution in [3.63, 3.8) is 0 Å². The lowest BCUT2D eigenvalue weighted by atomic mass is 9.67. The summed E-state index contributed by atoms with van der Waals surface area (Å²) in [6.07, 6.45) is 6.65. The molecule has 0 saturated heterocycles. The van der Waals surface area contributed by atoms with Crippen molar-refractivity contribution in [3.8, 4) is 0 Å². The van der Waals surface area contributed by atoms with E-state index in [-0.39, 0.29) is 11.7 Å². The highest BCUT2D eigenvalue weighted by Gasteiger charge is 2.46. The Bertz CT molecular complexity index is 198. The van der Waals surface area contributed by atoms with E-state index in [1.807, 2.05) is 0 Å². The normalized spacial score (nSPS) is 42.4. The third-order valence-electron chi connectivity index (χ3n) is 3.48. The second kappa shape index (κ2) is 2.84. The number of fused-ring (bicyclic) bond motifs is 1. The Morgan fingerprint density at radius 1 is 1.25 bits per heavy atom. The fourth-order valence-corrected chi connectivity index (χ4v) is 2.70. The first-order valence-corrected chi connectivity index (χ1v) is 4.99. The van der Waals surface area contributed by atoms with E-state index in [2.05, 4.69) is 0 Å². The fraction of sp³-hybridized carbons (Fsp3) is 0.900. The van der Waals surface area contributed by atoms with Gasteiger partial charge in [-0.05, 0) is 31.6 Å². The minimum atomic E-state index is -0.906. The van der Waals surface area contributed by atoms with Crippen molar-refractivity contribution < 1.29 is 9.90 Å². The maximum Gasteiger partial charge on any atom is 0.164 e. The van der Waals surface area contributed by atoms with E-state index in [0.29, 0.717) is 6.42 Å². The van der Waals surface area contributed by atoms with Crippen molar-refractivity contribution in [2.45, 2.75) is 50.5 Å². The molecule has 0 heterocycles. The molecule has 0 bridgehead atoms. The van der Waals surface area contributed by atoms with Crippen molar-refractivity contribution in [1.82, 2.24) is 0 Å². The summed E-state index contributed by atoms with van der Waals surface area (Å²) in [5, 5.41) is 10.1. The third-order valence-corrected chi connectivity index (χ3v) is 3.48. The lowest BCUT2D eigenvalue weighted by Gasteiger charge is -2.41. The Kier molecular flexibility index (Phi) is 1.95. The topological polar surface area (TPSA) is 37.3 Å². The molecule has 2 atom stereocenters. The van der Waals surface area contributed by atoms with Crippen LogP contribution in [0.25, 0.3) is 0 Å². The Morgan fingerprint density at radius 3 is 2.75 bits per heavy atom. The molecule has 0 aromatic carbocycles. The standard InChI is InChI=1S/C10H16O2/c11-9-6-3-5-8-4-1-2-7-10(8,9)12/h8,12H,1-7H2/t8-,10+/m1/s1. The maximum atomic E-state index is 11.5. The molecule has 2 nitrogen and oxygen atoms in total. The number of hydrogen-bond acceptors (Lipinski definition) is 2. The van der Waals surface area contributed by atoms with Crippen LogP contribution in [0.15, 0.2) is 0 Å². The Balaban J connectivity index is 2.20. The fourth-order valence-electron chi connectivity index (χ4n) is 2.70. The zero-order valence-corrected chi connectivity index (χ0v) is 7.38. The summed E-state index contributed by atoms with van der Waals surface area (Å²) in [6.45, 7) is 0. The van der Waals surface area contributed by atoms with Gasteiger partial charge in [0.25, 0.3) is 0 Å². The smallest absolute Gasteiger partial charge is 0.164 e. The highest BCUT2D eigenvalue weighted by atomic mass is 16.3. The summed E-state index contributed by atoms with van der Waals surface area (Å²) >= 11 is 0. The number of carbonyl (C=O) groups is 1. The van der Waals surface area contributed by atoms with Gasteiger partial charge in [-0.15, -0.1) is 0 Å². The van der Waals surface area contributed by atoms with Gasteiger partial charge in [-0.2, -0.15) is 0 Å². The molecule has 2 heteroatoms. The van der Waals surface area contributed by atoms with Gasteiger partial charge < -0.3 is 5.11 Å². The largest absolute Gasteiger partial charge is 0.382 e. The van der Waals surface area contributed by atoms with Crippen LogP contribution in [0.3, 0.4) is 0 Å². The molecule has 2 fully saturated rings.